The SMILES string of the molecule is Oc1ccc(-c2ccccc2)c2cccnc12.[Zr]. The second-order valence-corrected chi connectivity index (χ2v) is 3.90. The van der Waals surface area contributed by atoms with Gasteiger partial charge in [-0.15, -0.1) is 0 Å². The van der Waals surface area contributed by atoms with Gasteiger partial charge in [0, 0.05) is 37.8 Å². The first-order valence-electron chi connectivity index (χ1n) is 5.48. The summed E-state index contributed by atoms with van der Waals surface area (Å²) in [7, 11) is 0. The van der Waals surface area contributed by atoms with Crippen LogP contribution in [0.2, 0.25) is 0 Å². The van der Waals surface area contributed by atoms with Gasteiger partial charge in [0.2, 0.25) is 0 Å². The van der Waals surface area contributed by atoms with Crippen molar-refractivity contribution in [1.82, 2.24) is 4.98 Å². The minimum Gasteiger partial charge on any atom is -0.506 e. The summed E-state index contributed by atoms with van der Waals surface area (Å²) in [6.07, 6.45) is 1.69. The van der Waals surface area contributed by atoms with Gasteiger partial charge in [-0.1, -0.05) is 36.4 Å². The van der Waals surface area contributed by atoms with E-state index in [0.29, 0.717) is 5.52 Å². The van der Waals surface area contributed by atoms with Crippen molar-refractivity contribution in [3.63, 3.8) is 0 Å². The molecule has 0 aliphatic rings. The Morgan fingerprint density at radius 3 is 2.39 bits per heavy atom. The number of hydrogen-bond acceptors (Lipinski definition) is 2. The molecule has 2 aromatic carbocycles. The predicted molar refractivity (Wildman–Crippen MR) is 68.8 cm³/mol. The molecule has 3 rings (SSSR count). The van der Waals surface area contributed by atoms with Gasteiger partial charge in [-0.25, -0.2) is 0 Å². The van der Waals surface area contributed by atoms with Crippen molar-refractivity contribution in [2.75, 3.05) is 0 Å². The van der Waals surface area contributed by atoms with Gasteiger partial charge in [-0.05, 0) is 29.3 Å². The normalized spacial score (nSPS) is 10.0. The largest absolute Gasteiger partial charge is 0.506 e. The predicted octanol–water partition coefficient (Wildman–Crippen LogP) is 3.60. The zero-order valence-electron chi connectivity index (χ0n) is 9.67. The van der Waals surface area contributed by atoms with Crippen LogP contribution in [0.5, 0.6) is 5.75 Å². The van der Waals surface area contributed by atoms with Crippen LogP contribution in [-0.4, -0.2) is 10.1 Å². The van der Waals surface area contributed by atoms with Crippen LogP contribution in [-0.2, 0) is 26.2 Å². The van der Waals surface area contributed by atoms with Gasteiger partial charge in [0.25, 0.3) is 0 Å². The maximum absolute atomic E-state index is 9.78. The van der Waals surface area contributed by atoms with E-state index >= 15 is 0 Å². The van der Waals surface area contributed by atoms with Crippen LogP contribution in [0.1, 0.15) is 0 Å². The molecule has 0 saturated heterocycles. The molecule has 1 N–H and O–H groups in total. The van der Waals surface area contributed by atoms with Crippen molar-refractivity contribution in [3.05, 3.63) is 60.8 Å². The molecule has 3 heteroatoms. The molecule has 0 atom stereocenters. The second kappa shape index (κ2) is 5.45. The molecular weight excluding hydrogens is 301 g/mol. The summed E-state index contributed by atoms with van der Waals surface area (Å²) >= 11 is 0. The first-order valence-corrected chi connectivity index (χ1v) is 5.48. The molecule has 86 valence electrons. The number of pyridine rings is 1. The molecule has 2 nitrogen and oxygen atoms in total. The monoisotopic (exact) mass is 311 g/mol. The van der Waals surface area contributed by atoms with Gasteiger partial charge < -0.3 is 5.11 Å². The number of benzene rings is 2. The van der Waals surface area contributed by atoms with Gasteiger partial charge in [-0.3, -0.25) is 4.98 Å². The molecule has 18 heavy (non-hydrogen) atoms. The van der Waals surface area contributed by atoms with Gasteiger partial charge in [-0.2, -0.15) is 0 Å². The fourth-order valence-corrected chi connectivity index (χ4v) is 2.03. The van der Waals surface area contributed by atoms with Crippen molar-refractivity contribution in [2.24, 2.45) is 0 Å². The van der Waals surface area contributed by atoms with Crippen molar-refractivity contribution in [2.45, 2.75) is 0 Å². The fourth-order valence-electron chi connectivity index (χ4n) is 2.03. The van der Waals surface area contributed by atoms with Crippen LogP contribution < -0.4 is 0 Å². The van der Waals surface area contributed by atoms with Crippen molar-refractivity contribution in [1.29, 1.82) is 0 Å². The summed E-state index contributed by atoms with van der Waals surface area (Å²) in [5.41, 5.74) is 2.87. The van der Waals surface area contributed by atoms with Crippen LogP contribution in [0.4, 0.5) is 0 Å². The molecule has 0 fully saturated rings. The van der Waals surface area contributed by atoms with E-state index in [4.69, 9.17) is 0 Å². The zero-order valence-corrected chi connectivity index (χ0v) is 12.1. The van der Waals surface area contributed by atoms with Gasteiger partial charge in [0.1, 0.15) is 11.3 Å². The molecule has 0 saturated carbocycles. The minimum absolute atomic E-state index is 0. The van der Waals surface area contributed by atoms with E-state index in [0.717, 1.165) is 16.5 Å². The van der Waals surface area contributed by atoms with Crippen LogP contribution in [0.15, 0.2) is 60.8 Å². The number of hydrogen-bond donors (Lipinski definition) is 1. The van der Waals surface area contributed by atoms with Crippen molar-refractivity contribution >= 4 is 10.9 Å². The Morgan fingerprint density at radius 2 is 1.61 bits per heavy atom. The number of aromatic hydroxyl groups is 1. The standard InChI is InChI=1S/C15H11NO.Zr/c17-14-9-8-12(11-5-2-1-3-6-11)13-7-4-10-16-15(13)14;/h1-10,17H;. The summed E-state index contributed by atoms with van der Waals surface area (Å²) in [5.74, 6) is 0.222. The molecule has 0 aliphatic heterocycles. The Morgan fingerprint density at radius 1 is 0.833 bits per heavy atom. The number of phenols is 1. The molecule has 0 spiro atoms. The average Bonchev–Trinajstić information content (AvgIpc) is 2.41. The Balaban J connectivity index is 0.00000120. The molecule has 0 amide bonds. The molecular formula is C15H11NOZr. The maximum atomic E-state index is 9.78. The van der Waals surface area contributed by atoms with Crippen molar-refractivity contribution in [3.8, 4) is 16.9 Å². The zero-order chi connectivity index (χ0) is 11.7. The van der Waals surface area contributed by atoms with Crippen LogP contribution in [0.3, 0.4) is 0 Å². The molecule has 3 aromatic rings. The molecule has 0 unspecified atom stereocenters. The van der Waals surface area contributed by atoms with Crippen LogP contribution >= 0.6 is 0 Å². The Kier molecular flexibility index (Phi) is 3.93. The number of fused-ring (bicyclic) bond motifs is 1. The average molecular weight is 312 g/mol. The van der Waals surface area contributed by atoms with E-state index in [1.807, 2.05) is 36.4 Å². The topological polar surface area (TPSA) is 33.1 Å². The smallest absolute Gasteiger partial charge is 0.141 e. The maximum Gasteiger partial charge on any atom is 0.141 e. The van der Waals surface area contributed by atoms with E-state index < -0.39 is 0 Å². The third kappa shape index (κ3) is 2.23. The summed E-state index contributed by atoms with van der Waals surface area (Å²) in [6.45, 7) is 0. The number of nitrogens with zero attached hydrogens (tertiary/aromatic N) is 1. The Labute approximate surface area is 124 Å². The molecule has 0 aliphatic carbocycles. The first kappa shape index (κ1) is 13.0. The third-order valence-electron chi connectivity index (χ3n) is 2.83. The van der Waals surface area contributed by atoms with Crippen LogP contribution in [0, 0.1) is 0 Å². The minimum atomic E-state index is 0. The molecule has 0 bridgehead atoms. The Bertz CT molecular complexity index is 668. The van der Waals surface area contributed by atoms with E-state index in [1.165, 1.54) is 0 Å². The number of aromatic nitrogens is 1. The summed E-state index contributed by atoms with van der Waals surface area (Å²) < 4.78 is 0. The van der Waals surface area contributed by atoms with Crippen molar-refractivity contribution < 1.29 is 31.3 Å². The summed E-state index contributed by atoms with van der Waals surface area (Å²) in [6, 6.07) is 17.6. The second-order valence-electron chi connectivity index (χ2n) is 3.90. The Hall–Kier alpha value is -1.47. The molecule has 1 heterocycles. The van der Waals surface area contributed by atoms with E-state index in [1.54, 1.807) is 12.3 Å². The number of phenolic OH excluding ortho intramolecular Hbond substituents is 1. The molecule has 1 aromatic heterocycles. The van der Waals surface area contributed by atoms with E-state index in [-0.39, 0.29) is 32.0 Å². The summed E-state index contributed by atoms with van der Waals surface area (Å²) in [4.78, 5) is 4.22. The van der Waals surface area contributed by atoms with Crippen LogP contribution in [0.25, 0.3) is 22.0 Å². The van der Waals surface area contributed by atoms with Gasteiger partial charge in [0.05, 0.1) is 0 Å². The molecule has 0 radical (unpaired) electrons. The number of rotatable bonds is 1. The quantitative estimate of drug-likeness (QED) is 0.745. The van der Waals surface area contributed by atoms with Gasteiger partial charge in [0.15, 0.2) is 0 Å². The van der Waals surface area contributed by atoms with E-state index in [2.05, 4.69) is 17.1 Å². The fraction of sp³-hybridized carbons (Fsp3) is 0. The first-order chi connectivity index (χ1) is 8.36. The summed E-state index contributed by atoms with van der Waals surface area (Å²) in [5, 5.41) is 10.8. The van der Waals surface area contributed by atoms with E-state index in [9.17, 15) is 5.11 Å². The third-order valence-corrected chi connectivity index (χ3v) is 2.83. The van der Waals surface area contributed by atoms with Gasteiger partial charge >= 0.3 is 0 Å².